The summed E-state index contributed by atoms with van der Waals surface area (Å²) >= 11 is 7.77. The summed E-state index contributed by atoms with van der Waals surface area (Å²) < 4.78 is 2.01. The third-order valence-corrected chi connectivity index (χ3v) is 4.68. The van der Waals surface area contributed by atoms with E-state index in [1.165, 1.54) is 0 Å². The van der Waals surface area contributed by atoms with Crippen molar-refractivity contribution in [1.29, 1.82) is 0 Å². The second kappa shape index (κ2) is 6.35. The van der Waals surface area contributed by atoms with Crippen molar-refractivity contribution in [3.63, 3.8) is 0 Å². The van der Waals surface area contributed by atoms with Gasteiger partial charge in [0.15, 0.2) is 0 Å². The Labute approximate surface area is 123 Å². The summed E-state index contributed by atoms with van der Waals surface area (Å²) in [6, 6.07) is 8.07. The first-order valence-corrected chi connectivity index (χ1v) is 7.69. The second-order valence-electron chi connectivity index (χ2n) is 4.49. The molecule has 0 spiro atoms. The lowest BCUT2D eigenvalue weighted by atomic mass is 10.3. The molecule has 0 saturated heterocycles. The van der Waals surface area contributed by atoms with Gasteiger partial charge >= 0.3 is 0 Å². The number of hydrogen-bond acceptors (Lipinski definition) is 3. The Hall–Kier alpha value is -1.13. The zero-order valence-electron chi connectivity index (χ0n) is 11.1. The van der Waals surface area contributed by atoms with E-state index in [4.69, 9.17) is 17.3 Å². The number of rotatable bonds is 5. The molecule has 0 aliphatic heterocycles. The van der Waals surface area contributed by atoms with Crippen LogP contribution in [-0.4, -0.2) is 9.78 Å². The molecule has 0 radical (unpaired) electrons. The normalized spacial score (nSPS) is 12.6. The maximum Gasteiger partial charge on any atom is 0.0727 e. The maximum absolute atomic E-state index is 6.15. The van der Waals surface area contributed by atoms with Crippen LogP contribution < -0.4 is 5.73 Å². The highest BCUT2D eigenvalue weighted by molar-refractivity contribution is 7.98. The number of thioether (sulfide) groups is 1. The van der Waals surface area contributed by atoms with Crippen molar-refractivity contribution < 1.29 is 0 Å². The van der Waals surface area contributed by atoms with Crippen molar-refractivity contribution in [2.45, 2.75) is 37.0 Å². The fraction of sp³-hybridized carbons (Fsp3) is 0.357. The topological polar surface area (TPSA) is 43.8 Å². The standard InChI is InChI=1S/C14H18ClN3S/c1-3-10(2)18-8-7-11(17-18)9-19-14-12(15)5-4-6-13(14)16/h4-8,10H,3,9,16H2,1-2H3. The first-order valence-electron chi connectivity index (χ1n) is 6.32. The van der Waals surface area contributed by atoms with Crippen LogP contribution in [0.3, 0.4) is 0 Å². The van der Waals surface area contributed by atoms with Crippen LogP contribution in [0.4, 0.5) is 5.69 Å². The first-order chi connectivity index (χ1) is 9.11. The van der Waals surface area contributed by atoms with Crippen LogP contribution in [0.1, 0.15) is 32.0 Å². The molecule has 0 aliphatic rings. The quantitative estimate of drug-likeness (QED) is 0.657. The van der Waals surface area contributed by atoms with Crippen LogP contribution in [0.25, 0.3) is 0 Å². The molecule has 0 saturated carbocycles. The van der Waals surface area contributed by atoms with Gasteiger partial charge in [-0.15, -0.1) is 11.8 Å². The number of anilines is 1. The van der Waals surface area contributed by atoms with Crippen molar-refractivity contribution in [1.82, 2.24) is 9.78 Å². The third-order valence-electron chi connectivity index (χ3n) is 3.07. The van der Waals surface area contributed by atoms with Crippen molar-refractivity contribution in [3.05, 3.63) is 41.2 Å². The molecule has 3 nitrogen and oxygen atoms in total. The molecule has 1 aromatic carbocycles. The molecule has 0 aliphatic carbocycles. The highest BCUT2D eigenvalue weighted by Crippen LogP contribution is 2.34. The molecule has 0 fully saturated rings. The molecule has 2 N–H and O–H groups in total. The average Bonchev–Trinajstić information content (AvgIpc) is 2.86. The first kappa shape index (κ1) is 14.3. The Bertz CT molecular complexity index is 533. The van der Waals surface area contributed by atoms with Gasteiger partial charge in [0.25, 0.3) is 0 Å². The second-order valence-corrected chi connectivity index (χ2v) is 5.88. The summed E-state index contributed by atoms with van der Waals surface area (Å²) in [7, 11) is 0. The number of halogens is 1. The summed E-state index contributed by atoms with van der Waals surface area (Å²) in [5, 5.41) is 5.27. The van der Waals surface area contributed by atoms with Crippen molar-refractivity contribution in [3.8, 4) is 0 Å². The molecule has 2 aromatic rings. The van der Waals surface area contributed by atoms with Crippen molar-refractivity contribution in [2.75, 3.05) is 5.73 Å². The SMILES string of the molecule is CCC(C)n1ccc(CSc2c(N)cccc2Cl)n1. The van der Waals surface area contributed by atoms with E-state index in [1.54, 1.807) is 11.8 Å². The lowest BCUT2D eigenvalue weighted by Gasteiger charge is -2.08. The number of nitrogen functional groups attached to an aromatic ring is 1. The summed E-state index contributed by atoms with van der Waals surface area (Å²) in [6.07, 6.45) is 3.10. The fourth-order valence-corrected chi connectivity index (χ4v) is 2.94. The Morgan fingerprint density at radius 3 is 2.89 bits per heavy atom. The Balaban J connectivity index is 2.05. The maximum atomic E-state index is 6.15. The van der Waals surface area contributed by atoms with E-state index in [-0.39, 0.29) is 0 Å². The number of nitrogens with zero attached hydrogens (tertiary/aromatic N) is 2. The smallest absolute Gasteiger partial charge is 0.0727 e. The highest BCUT2D eigenvalue weighted by Gasteiger charge is 2.08. The Morgan fingerprint density at radius 1 is 1.42 bits per heavy atom. The molecule has 19 heavy (non-hydrogen) atoms. The van der Waals surface area contributed by atoms with Gasteiger partial charge in [-0.25, -0.2) is 0 Å². The Kier molecular flexibility index (Phi) is 4.77. The number of hydrogen-bond donors (Lipinski definition) is 1. The largest absolute Gasteiger partial charge is 0.398 e. The van der Waals surface area contributed by atoms with E-state index in [1.807, 2.05) is 35.1 Å². The van der Waals surface area contributed by atoms with E-state index in [9.17, 15) is 0 Å². The fourth-order valence-electron chi connectivity index (χ4n) is 1.71. The summed E-state index contributed by atoms with van der Waals surface area (Å²) in [5.41, 5.74) is 7.70. The summed E-state index contributed by atoms with van der Waals surface area (Å²) in [5.74, 6) is 0.775. The molecule has 1 unspecified atom stereocenters. The summed E-state index contributed by atoms with van der Waals surface area (Å²) in [6.45, 7) is 4.32. The minimum Gasteiger partial charge on any atom is -0.398 e. The van der Waals surface area contributed by atoms with Gasteiger partial charge in [0.1, 0.15) is 0 Å². The van der Waals surface area contributed by atoms with E-state index in [0.717, 1.165) is 28.5 Å². The minimum atomic E-state index is 0.434. The zero-order chi connectivity index (χ0) is 13.8. The van der Waals surface area contributed by atoms with Crippen LogP contribution in [-0.2, 0) is 5.75 Å². The average molecular weight is 296 g/mol. The molecular formula is C14H18ClN3S. The summed E-state index contributed by atoms with van der Waals surface area (Å²) in [4.78, 5) is 0.933. The highest BCUT2D eigenvalue weighted by atomic mass is 35.5. The monoisotopic (exact) mass is 295 g/mol. The van der Waals surface area contributed by atoms with Gasteiger partial charge in [-0.1, -0.05) is 24.6 Å². The lowest BCUT2D eigenvalue weighted by Crippen LogP contribution is -2.04. The van der Waals surface area contributed by atoms with E-state index < -0.39 is 0 Å². The van der Waals surface area contributed by atoms with Gasteiger partial charge in [0.05, 0.1) is 10.7 Å². The minimum absolute atomic E-state index is 0.434. The predicted octanol–water partition coefficient (Wildman–Crippen LogP) is 4.38. The van der Waals surface area contributed by atoms with E-state index in [0.29, 0.717) is 11.1 Å². The lowest BCUT2D eigenvalue weighted by molar-refractivity contribution is 0.475. The number of aromatic nitrogens is 2. The Morgan fingerprint density at radius 2 is 2.21 bits per heavy atom. The van der Waals surface area contributed by atoms with E-state index in [2.05, 4.69) is 18.9 Å². The number of benzene rings is 1. The molecule has 1 atom stereocenters. The van der Waals surface area contributed by atoms with Gasteiger partial charge in [0, 0.05) is 28.6 Å². The molecule has 2 rings (SSSR count). The molecule has 0 bridgehead atoms. The molecular weight excluding hydrogens is 278 g/mol. The van der Waals surface area contributed by atoms with Crippen LogP contribution in [0.2, 0.25) is 5.02 Å². The van der Waals surface area contributed by atoms with Crippen LogP contribution in [0.5, 0.6) is 0 Å². The molecule has 102 valence electrons. The van der Waals surface area contributed by atoms with Gasteiger partial charge in [0.2, 0.25) is 0 Å². The van der Waals surface area contributed by atoms with Crippen molar-refractivity contribution >= 4 is 29.1 Å². The number of nitrogens with two attached hydrogens (primary N) is 1. The van der Waals surface area contributed by atoms with E-state index >= 15 is 0 Å². The zero-order valence-corrected chi connectivity index (χ0v) is 12.7. The van der Waals surface area contributed by atoms with Crippen molar-refractivity contribution in [2.24, 2.45) is 0 Å². The molecule has 1 aromatic heterocycles. The predicted molar refractivity (Wildman–Crippen MR) is 82.7 cm³/mol. The van der Waals surface area contributed by atoms with Gasteiger partial charge in [-0.2, -0.15) is 5.10 Å². The molecule has 5 heteroatoms. The molecule has 1 heterocycles. The third kappa shape index (κ3) is 3.45. The van der Waals surface area contributed by atoms with Crippen LogP contribution in [0, 0.1) is 0 Å². The van der Waals surface area contributed by atoms with Gasteiger partial charge in [-0.05, 0) is 31.5 Å². The van der Waals surface area contributed by atoms with Crippen LogP contribution in [0.15, 0.2) is 35.4 Å². The van der Waals surface area contributed by atoms with Crippen LogP contribution >= 0.6 is 23.4 Å². The van der Waals surface area contributed by atoms with Gasteiger partial charge < -0.3 is 5.73 Å². The van der Waals surface area contributed by atoms with Gasteiger partial charge in [-0.3, -0.25) is 4.68 Å². The molecule has 0 amide bonds.